The topological polar surface area (TPSA) is 20.2 Å². The molecule has 0 spiro atoms. The third-order valence-corrected chi connectivity index (χ3v) is 1.80. The third-order valence-electron chi connectivity index (χ3n) is 1.59. The van der Waals surface area contributed by atoms with Gasteiger partial charge in [0.05, 0.1) is 0 Å². The second kappa shape index (κ2) is 4.21. The number of hydrogen-bond donors (Lipinski definition) is 2. The van der Waals surface area contributed by atoms with Gasteiger partial charge >= 0.3 is 0 Å². The highest BCUT2D eigenvalue weighted by atomic mass is 32.1. The van der Waals surface area contributed by atoms with Crippen molar-refractivity contribution in [3.63, 3.8) is 0 Å². The zero-order valence-electron chi connectivity index (χ0n) is 6.99. The van der Waals surface area contributed by atoms with Crippen molar-refractivity contribution in [2.24, 2.45) is 0 Å². The zero-order chi connectivity index (χ0) is 8.97. The second-order valence-corrected chi connectivity index (χ2v) is 3.01. The van der Waals surface area contributed by atoms with Crippen molar-refractivity contribution in [1.82, 2.24) is 0 Å². The highest BCUT2D eigenvalue weighted by Gasteiger charge is 1.95. The minimum atomic E-state index is 0.327. The Morgan fingerprint density at radius 1 is 1.50 bits per heavy atom. The van der Waals surface area contributed by atoms with Crippen molar-refractivity contribution in [3.05, 3.63) is 35.4 Å². The quantitative estimate of drug-likeness (QED) is 0.670. The lowest BCUT2D eigenvalue weighted by Gasteiger charge is -1.99. The molecule has 0 saturated heterocycles. The van der Waals surface area contributed by atoms with Crippen molar-refractivity contribution in [1.29, 1.82) is 0 Å². The summed E-state index contributed by atoms with van der Waals surface area (Å²) in [6.45, 7) is 1.95. The summed E-state index contributed by atoms with van der Waals surface area (Å²) in [4.78, 5) is 0. The first-order valence-electron chi connectivity index (χ1n) is 3.81. The molecule has 0 aliphatic carbocycles. The molecule has 0 amide bonds. The van der Waals surface area contributed by atoms with Crippen molar-refractivity contribution < 1.29 is 5.11 Å². The largest absolute Gasteiger partial charge is 0.507 e. The first kappa shape index (κ1) is 9.20. The Morgan fingerprint density at radius 3 is 2.83 bits per heavy atom. The maximum Gasteiger partial charge on any atom is 0.123 e. The van der Waals surface area contributed by atoms with E-state index < -0.39 is 0 Å². The van der Waals surface area contributed by atoms with Crippen LogP contribution in [0.25, 0.3) is 6.08 Å². The van der Waals surface area contributed by atoms with E-state index in [1.54, 1.807) is 6.07 Å². The van der Waals surface area contributed by atoms with E-state index in [0.29, 0.717) is 11.5 Å². The Labute approximate surface area is 78.2 Å². The highest BCUT2D eigenvalue weighted by Crippen LogP contribution is 2.19. The summed E-state index contributed by atoms with van der Waals surface area (Å²) in [5.41, 5.74) is 1.91. The minimum Gasteiger partial charge on any atom is -0.507 e. The molecule has 1 rings (SSSR count). The van der Waals surface area contributed by atoms with Gasteiger partial charge < -0.3 is 5.11 Å². The summed E-state index contributed by atoms with van der Waals surface area (Å²) in [7, 11) is 0. The number of aryl methyl sites for hydroxylation is 1. The Morgan fingerprint density at radius 2 is 2.25 bits per heavy atom. The van der Waals surface area contributed by atoms with Crippen LogP contribution in [0.15, 0.2) is 24.3 Å². The molecule has 64 valence electrons. The molecule has 0 radical (unpaired) electrons. The third kappa shape index (κ3) is 2.31. The smallest absolute Gasteiger partial charge is 0.123 e. The van der Waals surface area contributed by atoms with Gasteiger partial charge in [0.1, 0.15) is 5.75 Å². The fourth-order valence-electron chi connectivity index (χ4n) is 0.974. The summed E-state index contributed by atoms with van der Waals surface area (Å²) >= 11 is 4.04. The Hall–Kier alpha value is -0.890. The van der Waals surface area contributed by atoms with E-state index in [0.717, 1.165) is 11.1 Å². The van der Waals surface area contributed by atoms with E-state index in [2.05, 4.69) is 12.6 Å². The van der Waals surface area contributed by atoms with Crippen LogP contribution in [0.3, 0.4) is 0 Å². The minimum absolute atomic E-state index is 0.327. The number of phenols is 1. The van der Waals surface area contributed by atoms with E-state index >= 15 is 0 Å². The molecular formula is C10H12OS. The Bertz CT molecular complexity index is 292. The molecule has 12 heavy (non-hydrogen) atoms. The monoisotopic (exact) mass is 180 g/mol. The fourth-order valence-corrected chi connectivity index (χ4v) is 1.08. The van der Waals surface area contributed by atoms with Crippen molar-refractivity contribution >= 4 is 18.7 Å². The van der Waals surface area contributed by atoms with E-state index in [4.69, 9.17) is 0 Å². The van der Waals surface area contributed by atoms with Gasteiger partial charge in [0, 0.05) is 11.3 Å². The molecule has 0 aliphatic rings. The lowest BCUT2D eigenvalue weighted by atomic mass is 10.1. The van der Waals surface area contributed by atoms with Gasteiger partial charge in [-0.05, 0) is 18.6 Å². The van der Waals surface area contributed by atoms with Gasteiger partial charge in [0.25, 0.3) is 0 Å². The first-order chi connectivity index (χ1) is 5.74. The van der Waals surface area contributed by atoms with Crippen LogP contribution in [0.5, 0.6) is 5.75 Å². The van der Waals surface area contributed by atoms with Gasteiger partial charge in [-0.25, -0.2) is 0 Å². The number of hydrogen-bond acceptors (Lipinski definition) is 2. The number of phenolic OH excluding ortho intramolecular Hbond substituents is 1. The van der Waals surface area contributed by atoms with Crippen LogP contribution in [0.2, 0.25) is 0 Å². The van der Waals surface area contributed by atoms with Crippen molar-refractivity contribution in [2.45, 2.75) is 6.92 Å². The number of thiol groups is 1. The van der Waals surface area contributed by atoms with Gasteiger partial charge in [0.2, 0.25) is 0 Å². The molecule has 1 N–H and O–H groups in total. The van der Waals surface area contributed by atoms with Crippen LogP contribution in [0, 0.1) is 6.92 Å². The average molecular weight is 180 g/mol. The summed E-state index contributed by atoms with van der Waals surface area (Å²) in [5.74, 6) is 1.01. The summed E-state index contributed by atoms with van der Waals surface area (Å²) in [6, 6.07) is 5.61. The predicted molar refractivity (Wildman–Crippen MR) is 55.7 cm³/mol. The van der Waals surface area contributed by atoms with Crippen LogP contribution >= 0.6 is 12.6 Å². The van der Waals surface area contributed by atoms with Gasteiger partial charge in [-0.2, -0.15) is 12.6 Å². The second-order valence-electron chi connectivity index (χ2n) is 2.65. The van der Waals surface area contributed by atoms with E-state index in [-0.39, 0.29) is 0 Å². The fraction of sp³-hybridized carbons (Fsp3) is 0.200. The SMILES string of the molecule is Cc1ccc(C=CCS)c(O)c1. The highest BCUT2D eigenvalue weighted by molar-refractivity contribution is 7.80. The number of rotatable bonds is 2. The molecule has 0 aromatic heterocycles. The molecule has 0 unspecified atom stereocenters. The van der Waals surface area contributed by atoms with Crippen LogP contribution in [0.4, 0.5) is 0 Å². The molecule has 1 aromatic carbocycles. The lowest BCUT2D eigenvalue weighted by molar-refractivity contribution is 0.473. The molecule has 1 nitrogen and oxygen atoms in total. The first-order valence-corrected chi connectivity index (χ1v) is 4.44. The molecule has 0 saturated carbocycles. The van der Waals surface area contributed by atoms with E-state index in [9.17, 15) is 5.11 Å². The zero-order valence-corrected chi connectivity index (χ0v) is 7.88. The molecule has 0 aliphatic heterocycles. The van der Waals surface area contributed by atoms with E-state index in [1.807, 2.05) is 31.2 Å². The van der Waals surface area contributed by atoms with Crippen LogP contribution in [-0.2, 0) is 0 Å². The number of benzene rings is 1. The molecule has 2 heteroatoms. The predicted octanol–water partition coefficient (Wildman–Crippen LogP) is 2.64. The molecule has 0 atom stereocenters. The Balaban J connectivity index is 2.94. The molecule has 0 fully saturated rings. The van der Waals surface area contributed by atoms with Crippen molar-refractivity contribution in [3.8, 4) is 5.75 Å². The van der Waals surface area contributed by atoms with Crippen LogP contribution < -0.4 is 0 Å². The summed E-state index contributed by atoms with van der Waals surface area (Å²) in [6.07, 6.45) is 3.76. The molecule has 1 aromatic rings. The van der Waals surface area contributed by atoms with Gasteiger partial charge in [0.15, 0.2) is 0 Å². The molecule has 0 heterocycles. The Kier molecular flexibility index (Phi) is 3.23. The normalized spacial score (nSPS) is 10.8. The average Bonchev–Trinajstić information content (AvgIpc) is 2.03. The summed E-state index contributed by atoms with van der Waals surface area (Å²) in [5, 5.41) is 9.44. The van der Waals surface area contributed by atoms with Gasteiger partial charge in [-0.1, -0.05) is 24.3 Å². The molecular weight excluding hydrogens is 168 g/mol. The summed E-state index contributed by atoms with van der Waals surface area (Å²) < 4.78 is 0. The molecule has 0 bridgehead atoms. The number of aromatic hydroxyl groups is 1. The lowest BCUT2D eigenvalue weighted by Crippen LogP contribution is -1.77. The maximum atomic E-state index is 9.44. The van der Waals surface area contributed by atoms with E-state index in [1.165, 1.54) is 0 Å². The maximum absolute atomic E-state index is 9.44. The van der Waals surface area contributed by atoms with Gasteiger partial charge in [-0.3, -0.25) is 0 Å². The van der Waals surface area contributed by atoms with Crippen LogP contribution in [0.1, 0.15) is 11.1 Å². The standard InChI is InChI=1S/C10H12OS/c1-8-4-5-9(3-2-6-12)10(11)7-8/h2-5,7,11-12H,6H2,1H3. The van der Waals surface area contributed by atoms with Crippen molar-refractivity contribution in [2.75, 3.05) is 5.75 Å². The van der Waals surface area contributed by atoms with Crippen LogP contribution in [-0.4, -0.2) is 10.9 Å². The van der Waals surface area contributed by atoms with Gasteiger partial charge in [-0.15, -0.1) is 0 Å².